The van der Waals surface area contributed by atoms with Crippen molar-refractivity contribution in [3.63, 3.8) is 0 Å². The predicted octanol–water partition coefficient (Wildman–Crippen LogP) is 3.39. The molecule has 1 N–H and O–H groups in total. The van der Waals surface area contributed by atoms with Gasteiger partial charge in [-0.1, -0.05) is 58.9 Å². The topological polar surface area (TPSA) is 20.2 Å². The molecule has 0 bridgehead atoms. The first-order valence-corrected chi connectivity index (χ1v) is 16.3. The number of rotatable bonds is 4. The van der Waals surface area contributed by atoms with Gasteiger partial charge in [-0.3, -0.25) is 0 Å². The molecule has 0 unspecified atom stereocenters. The molecule has 0 heterocycles. The van der Waals surface area contributed by atoms with E-state index in [9.17, 15) is 5.02 Å². The fraction of sp³-hybridized carbons (Fsp3) is 1.00. The standard InChI is InChI=1S/C10H28BOSi3/c1-13(2,3)10(11-12,14(4,5)6)15(7,8)9/h12H,1-9H3. The molecule has 0 aromatic carbocycles. The van der Waals surface area contributed by atoms with Crippen LogP contribution in [-0.4, -0.2) is 36.7 Å². The molecule has 5 heteroatoms. The van der Waals surface area contributed by atoms with Gasteiger partial charge < -0.3 is 5.02 Å². The van der Waals surface area contributed by atoms with Crippen LogP contribution in [0.5, 0.6) is 0 Å². The summed E-state index contributed by atoms with van der Waals surface area (Å²) in [4.78, 5) is 0. The third-order valence-electron chi connectivity index (χ3n) is 3.74. The largest absolute Gasteiger partial charge is 0.455 e. The van der Waals surface area contributed by atoms with Crippen molar-refractivity contribution in [3.8, 4) is 0 Å². The highest BCUT2D eigenvalue weighted by molar-refractivity contribution is 7.22. The van der Waals surface area contributed by atoms with E-state index in [1.54, 1.807) is 7.48 Å². The molecular weight excluding hydrogens is 231 g/mol. The first-order chi connectivity index (χ1) is 6.31. The van der Waals surface area contributed by atoms with Crippen molar-refractivity contribution in [2.24, 2.45) is 0 Å². The van der Waals surface area contributed by atoms with Crippen molar-refractivity contribution in [1.82, 2.24) is 0 Å². The molecule has 0 spiro atoms. The minimum atomic E-state index is -1.39. The summed E-state index contributed by atoms with van der Waals surface area (Å²) in [6.45, 7) is 21.7. The average molecular weight is 259 g/mol. The average Bonchev–Trinajstić information content (AvgIpc) is 1.76. The van der Waals surface area contributed by atoms with Gasteiger partial charge in [-0.2, -0.15) is 0 Å². The van der Waals surface area contributed by atoms with Gasteiger partial charge in [0.1, 0.15) is 0 Å². The summed E-state index contributed by atoms with van der Waals surface area (Å²) in [7, 11) is -2.55. The summed E-state index contributed by atoms with van der Waals surface area (Å²) >= 11 is 0. The fourth-order valence-corrected chi connectivity index (χ4v) is 32.1. The van der Waals surface area contributed by atoms with Gasteiger partial charge in [-0.25, -0.2) is 0 Å². The molecule has 89 valence electrons. The van der Waals surface area contributed by atoms with Crippen molar-refractivity contribution in [1.29, 1.82) is 0 Å². The van der Waals surface area contributed by atoms with E-state index in [2.05, 4.69) is 58.9 Å². The Bertz CT molecular complexity index is 186. The predicted molar refractivity (Wildman–Crippen MR) is 80.7 cm³/mol. The zero-order chi connectivity index (χ0) is 12.7. The first kappa shape index (κ1) is 15.7. The summed E-state index contributed by atoms with van der Waals surface area (Å²) in [6.07, 6.45) is 0. The van der Waals surface area contributed by atoms with Gasteiger partial charge >= 0.3 is 0 Å². The van der Waals surface area contributed by atoms with Crippen LogP contribution in [0.25, 0.3) is 0 Å². The summed E-state index contributed by atoms with van der Waals surface area (Å²) < 4.78 is 0.201. The minimum Gasteiger partial charge on any atom is -0.455 e. The van der Waals surface area contributed by atoms with Crippen LogP contribution < -0.4 is 0 Å². The van der Waals surface area contributed by atoms with Crippen molar-refractivity contribution < 1.29 is 5.02 Å². The Labute approximate surface area is 100.0 Å². The van der Waals surface area contributed by atoms with Crippen LogP contribution in [0.15, 0.2) is 0 Å². The van der Waals surface area contributed by atoms with E-state index in [-0.39, 0.29) is 4.18 Å². The van der Waals surface area contributed by atoms with Crippen LogP contribution in [0.3, 0.4) is 0 Å². The Morgan fingerprint density at radius 3 is 0.867 bits per heavy atom. The van der Waals surface area contributed by atoms with Crippen molar-refractivity contribution in [3.05, 3.63) is 0 Å². The summed E-state index contributed by atoms with van der Waals surface area (Å²) in [5, 5.41) is 9.96. The maximum Gasteiger partial charge on any atom is 0.285 e. The molecule has 0 aliphatic heterocycles. The molecule has 0 saturated heterocycles. The van der Waals surface area contributed by atoms with Gasteiger partial charge in [0.25, 0.3) is 7.48 Å². The molecule has 0 aliphatic rings. The second-order valence-corrected chi connectivity index (χ2v) is 25.1. The molecule has 1 nitrogen and oxygen atoms in total. The van der Waals surface area contributed by atoms with E-state index in [4.69, 9.17) is 0 Å². The molecule has 15 heavy (non-hydrogen) atoms. The Morgan fingerprint density at radius 2 is 0.867 bits per heavy atom. The van der Waals surface area contributed by atoms with E-state index in [1.807, 2.05) is 0 Å². The van der Waals surface area contributed by atoms with Gasteiger partial charge in [-0.15, -0.1) is 0 Å². The van der Waals surface area contributed by atoms with Crippen LogP contribution in [0.1, 0.15) is 0 Å². The molecular formula is C10H28BOSi3. The molecule has 1 radical (unpaired) electrons. The normalized spacial score (nSPS) is 15.3. The smallest absolute Gasteiger partial charge is 0.285 e. The summed E-state index contributed by atoms with van der Waals surface area (Å²) in [5.41, 5.74) is 0. The summed E-state index contributed by atoms with van der Waals surface area (Å²) in [6, 6.07) is 0. The molecule has 0 atom stereocenters. The quantitative estimate of drug-likeness (QED) is 0.767. The first-order valence-electron chi connectivity index (χ1n) is 5.80. The molecule has 0 saturated carbocycles. The van der Waals surface area contributed by atoms with Gasteiger partial charge in [0.15, 0.2) is 0 Å². The highest BCUT2D eigenvalue weighted by Gasteiger charge is 2.59. The molecule has 0 fully saturated rings. The third kappa shape index (κ3) is 2.51. The van der Waals surface area contributed by atoms with Crippen LogP contribution in [-0.2, 0) is 0 Å². The van der Waals surface area contributed by atoms with Crippen LogP contribution in [0, 0.1) is 0 Å². The molecule has 0 aromatic heterocycles. The van der Waals surface area contributed by atoms with Crippen LogP contribution in [0.4, 0.5) is 0 Å². The lowest BCUT2D eigenvalue weighted by molar-refractivity contribution is 0.596. The molecule has 0 aromatic rings. The second kappa shape index (κ2) is 4.16. The number of hydrogen-bond donors (Lipinski definition) is 1. The number of hydrogen-bond acceptors (Lipinski definition) is 1. The Morgan fingerprint density at radius 1 is 0.667 bits per heavy atom. The Hall–Kier alpha value is 0.676. The maximum atomic E-state index is 9.96. The third-order valence-corrected chi connectivity index (χ3v) is 24.7. The van der Waals surface area contributed by atoms with E-state index >= 15 is 0 Å². The highest BCUT2D eigenvalue weighted by Crippen LogP contribution is 2.52. The van der Waals surface area contributed by atoms with Gasteiger partial charge in [0, 0.05) is 24.2 Å². The van der Waals surface area contributed by atoms with Crippen LogP contribution in [0.2, 0.25) is 63.1 Å². The maximum absolute atomic E-state index is 9.96. The lowest BCUT2D eigenvalue weighted by atomic mass is 10.1. The second-order valence-electron chi connectivity index (χ2n) is 7.69. The van der Waals surface area contributed by atoms with E-state index in [0.29, 0.717) is 0 Å². The molecule has 0 rings (SSSR count). The van der Waals surface area contributed by atoms with Crippen LogP contribution >= 0.6 is 0 Å². The Balaban J connectivity index is 5.78. The van der Waals surface area contributed by atoms with E-state index in [0.717, 1.165) is 0 Å². The van der Waals surface area contributed by atoms with Gasteiger partial charge in [0.05, 0.1) is 0 Å². The highest BCUT2D eigenvalue weighted by atomic mass is 28.5. The fourth-order valence-electron chi connectivity index (χ4n) is 3.96. The zero-order valence-electron chi connectivity index (χ0n) is 12.0. The lowest BCUT2D eigenvalue weighted by Gasteiger charge is -2.57. The van der Waals surface area contributed by atoms with Crippen molar-refractivity contribution in [2.75, 3.05) is 0 Å². The molecule has 0 amide bonds. The van der Waals surface area contributed by atoms with E-state index in [1.165, 1.54) is 0 Å². The van der Waals surface area contributed by atoms with Crippen molar-refractivity contribution >= 4 is 31.7 Å². The van der Waals surface area contributed by atoms with E-state index < -0.39 is 24.2 Å². The van der Waals surface area contributed by atoms with Crippen molar-refractivity contribution in [2.45, 2.75) is 63.1 Å². The zero-order valence-corrected chi connectivity index (χ0v) is 15.0. The molecule has 0 aliphatic carbocycles. The Kier molecular flexibility index (Phi) is 4.35. The lowest BCUT2D eigenvalue weighted by Crippen LogP contribution is -2.68. The minimum absolute atomic E-state index is 0.201. The monoisotopic (exact) mass is 259 g/mol. The summed E-state index contributed by atoms with van der Waals surface area (Å²) in [5.74, 6) is 0. The van der Waals surface area contributed by atoms with Gasteiger partial charge in [0.2, 0.25) is 0 Å². The van der Waals surface area contributed by atoms with Gasteiger partial charge in [-0.05, 0) is 4.18 Å². The SMILES string of the molecule is C[Si](C)(C)C([B]O)([Si](C)(C)C)[Si](C)(C)C.